The number of carbonyl (C=O) groups is 8. The minimum Gasteiger partial charge on any atom is -0.394 e. The van der Waals surface area contributed by atoms with E-state index in [0.29, 0.717) is 49.1 Å². The maximum Gasteiger partial charge on any atom is 0.243 e. The van der Waals surface area contributed by atoms with Gasteiger partial charge in [0.1, 0.15) is 24.2 Å². The number of aliphatic hydroxyl groups excluding tert-OH is 1. The molecule has 15 N–H and O–H groups in total. The summed E-state index contributed by atoms with van der Waals surface area (Å²) in [7, 11) is 0. The number of allylic oxidation sites excluding steroid dienone is 1. The van der Waals surface area contributed by atoms with Crippen LogP contribution in [0.2, 0.25) is 0 Å². The third-order valence-electron chi connectivity index (χ3n) is 13.4. The van der Waals surface area contributed by atoms with Gasteiger partial charge < -0.3 is 59.6 Å². The number of nitrogens with one attached hydrogen (secondary N) is 6. The number of aliphatic imine (C=N–C) groups is 2. The Labute approximate surface area is 445 Å². The van der Waals surface area contributed by atoms with Gasteiger partial charge in [-0.25, -0.2) is 0 Å². The van der Waals surface area contributed by atoms with Crippen molar-refractivity contribution in [2.45, 2.75) is 141 Å². The van der Waals surface area contributed by atoms with E-state index in [0.717, 1.165) is 10.9 Å². The number of aliphatic hydroxyl groups is 1. The molecule has 0 bridgehead atoms. The Kier molecular flexibility index (Phi) is 25.5. The smallest absolute Gasteiger partial charge is 0.243 e. The Bertz CT molecular complexity index is 2520. The van der Waals surface area contributed by atoms with Crippen LogP contribution in [0.15, 0.2) is 82.6 Å². The van der Waals surface area contributed by atoms with Crippen molar-refractivity contribution < 1.29 is 43.5 Å². The molecule has 3 aromatic rings. The van der Waals surface area contributed by atoms with Gasteiger partial charge in [-0.05, 0) is 81.0 Å². The van der Waals surface area contributed by atoms with Crippen LogP contribution in [0.4, 0.5) is 0 Å². The van der Waals surface area contributed by atoms with Gasteiger partial charge in [-0.15, -0.1) is 0 Å². The van der Waals surface area contributed by atoms with E-state index in [1.807, 2.05) is 51.1 Å². The molecule has 1 aliphatic rings. The number of nitrogens with zero attached hydrogens (tertiary/aromatic N) is 2. The van der Waals surface area contributed by atoms with Gasteiger partial charge in [-0.1, -0.05) is 82.3 Å². The minimum atomic E-state index is -1.29. The quantitative estimate of drug-likeness (QED) is 0.0229. The maximum absolute atomic E-state index is 14.9. The van der Waals surface area contributed by atoms with Crippen LogP contribution in [0, 0.1) is 23.7 Å². The number of nitrogens with two attached hydrogens (primary N) is 4. The molecule has 76 heavy (non-hydrogen) atoms. The van der Waals surface area contributed by atoms with E-state index < -0.39 is 114 Å². The minimum absolute atomic E-state index is 0.00730. The van der Waals surface area contributed by atoms with Crippen molar-refractivity contribution in [3.05, 3.63) is 83.7 Å². The van der Waals surface area contributed by atoms with Crippen molar-refractivity contribution >= 4 is 70.1 Å². The Hall–Kier alpha value is -7.26. The van der Waals surface area contributed by atoms with Gasteiger partial charge in [0.05, 0.1) is 12.6 Å². The van der Waals surface area contributed by atoms with Crippen LogP contribution >= 0.6 is 0 Å². The van der Waals surface area contributed by atoms with Crippen molar-refractivity contribution in [3.8, 4) is 0 Å². The Morgan fingerprint density at radius 1 is 0.684 bits per heavy atom. The number of ketones is 2. The summed E-state index contributed by atoms with van der Waals surface area (Å²) in [6.07, 6.45) is 7.05. The van der Waals surface area contributed by atoms with Crippen LogP contribution in [0.25, 0.3) is 10.9 Å². The first-order chi connectivity index (χ1) is 36.3. The van der Waals surface area contributed by atoms with Crippen molar-refractivity contribution in [1.29, 1.82) is 0 Å². The first-order valence-corrected chi connectivity index (χ1v) is 26.4. The zero-order chi connectivity index (χ0) is 55.7. The lowest BCUT2D eigenvalue weighted by Crippen LogP contribution is -2.57. The topological polar surface area (TPSA) is 362 Å². The normalized spacial score (nSPS) is 15.2. The largest absolute Gasteiger partial charge is 0.394 e. The summed E-state index contributed by atoms with van der Waals surface area (Å²) in [6, 6.07) is 10.5. The van der Waals surface area contributed by atoms with Gasteiger partial charge in [-0.2, -0.15) is 0 Å². The first kappa shape index (κ1) is 61.3. The second-order valence-electron chi connectivity index (χ2n) is 20.0. The van der Waals surface area contributed by atoms with E-state index in [1.54, 1.807) is 49.7 Å². The lowest BCUT2D eigenvalue weighted by Gasteiger charge is -2.27. The van der Waals surface area contributed by atoms with Crippen molar-refractivity contribution in [1.82, 2.24) is 31.6 Å². The number of hydrogen-bond donors (Lipinski definition) is 11. The number of unbranched alkanes of at least 4 members (excludes halogenated alkanes) is 1. The third-order valence-corrected chi connectivity index (χ3v) is 13.4. The molecule has 8 atom stereocenters. The molecule has 0 radical (unpaired) electrons. The number of fused-ring (bicyclic) bond motifs is 1. The highest BCUT2D eigenvalue weighted by Gasteiger charge is 2.36. The highest BCUT2D eigenvalue weighted by Crippen LogP contribution is 2.25. The molecule has 0 saturated carbocycles. The number of Topliss-reactive ketones (excluding diaryl/α,β-unsaturated/α-hetero) is 2. The van der Waals surface area contributed by atoms with Crippen LogP contribution in [0.1, 0.15) is 109 Å². The van der Waals surface area contributed by atoms with E-state index in [-0.39, 0.29) is 63.4 Å². The lowest BCUT2D eigenvalue weighted by atomic mass is 9.88. The summed E-state index contributed by atoms with van der Waals surface area (Å²) in [6.45, 7) is 6.99. The summed E-state index contributed by atoms with van der Waals surface area (Å²) >= 11 is 0. The highest BCUT2D eigenvalue weighted by molar-refractivity contribution is 5.98. The van der Waals surface area contributed by atoms with Crippen LogP contribution < -0.4 is 49.5 Å². The summed E-state index contributed by atoms with van der Waals surface area (Å²) in [5.41, 5.74) is 25.4. The molecule has 6 amide bonds. The Balaban J connectivity index is 1.69. The van der Waals surface area contributed by atoms with E-state index in [1.165, 1.54) is 0 Å². The fourth-order valence-electron chi connectivity index (χ4n) is 8.86. The van der Waals surface area contributed by atoms with Gasteiger partial charge >= 0.3 is 0 Å². The SMILES string of the molecule is CCC(C)C(=O)NC(CO)C(=O)CC(CCCN=C(N)N)C(=O)NC(CC1=CCC=N1)C(=O)CC(Cc1c[nH]c2ccccc12)C(=O)N[C@@H](CCCCN)C(=O)NC(Cc1ccccc1)C(=O)N[C@@H](CC(C)C)C(N)=O. The van der Waals surface area contributed by atoms with E-state index in [4.69, 9.17) is 22.9 Å². The van der Waals surface area contributed by atoms with Crippen LogP contribution in [-0.4, -0.2) is 119 Å². The molecule has 0 aliphatic carbocycles. The van der Waals surface area contributed by atoms with Crippen molar-refractivity contribution in [2.75, 3.05) is 19.7 Å². The number of hydrogen-bond acceptors (Lipinski definition) is 12. The van der Waals surface area contributed by atoms with Gasteiger partial charge in [0, 0.05) is 85.4 Å². The molecule has 1 aromatic heterocycles. The highest BCUT2D eigenvalue weighted by atomic mass is 16.3. The number of guanidine groups is 1. The molecule has 1 aliphatic heterocycles. The summed E-state index contributed by atoms with van der Waals surface area (Å²) in [5, 5.41) is 24.9. The molecule has 414 valence electrons. The summed E-state index contributed by atoms with van der Waals surface area (Å²) in [5.74, 6) is -7.71. The fraction of sp³-hybridized carbons (Fsp3) is 0.527. The van der Waals surface area contributed by atoms with Gasteiger partial charge in [0.2, 0.25) is 35.4 Å². The number of primary amides is 1. The van der Waals surface area contributed by atoms with Crippen LogP contribution in [-0.2, 0) is 51.2 Å². The van der Waals surface area contributed by atoms with E-state index in [9.17, 15) is 43.5 Å². The number of amides is 6. The molecule has 2 aromatic carbocycles. The molecule has 0 spiro atoms. The lowest BCUT2D eigenvalue weighted by molar-refractivity contribution is -0.136. The number of aromatic amines is 1. The predicted molar refractivity (Wildman–Crippen MR) is 292 cm³/mol. The van der Waals surface area contributed by atoms with E-state index in [2.05, 4.69) is 41.6 Å². The van der Waals surface area contributed by atoms with Crippen molar-refractivity contribution in [3.63, 3.8) is 0 Å². The van der Waals surface area contributed by atoms with E-state index >= 15 is 0 Å². The monoisotopic (exact) mass is 1050 g/mol. The molecular weight excluding hydrogens is 973 g/mol. The Morgan fingerprint density at radius 3 is 1.95 bits per heavy atom. The number of carbonyl (C=O) groups excluding carboxylic acids is 8. The number of para-hydroxylation sites is 1. The molecule has 21 heteroatoms. The molecule has 21 nitrogen and oxygen atoms in total. The van der Waals surface area contributed by atoms with Crippen LogP contribution in [0.3, 0.4) is 0 Å². The molecule has 2 heterocycles. The maximum atomic E-state index is 14.9. The fourth-order valence-corrected chi connectivity index (χ4v) is 8.86. The number of benzene rings is 2. The predicted octanol–water partition coefficient (Wildman–Crippen LogP) is 2.03. The first-order valence-electron chi connectivity index (χ1n) is 26.4. The van der Waals surface area contributed by atoms with Crippen molar-refractivity contribution in [2.24, 2.45) is 56.6 Å². The number of rotatable bonds is 35. The summed E-state index contributed by atoms with van der Waals surface area (Å²) < 4.78 is 0. The summed E-state index contributed by atoms with van der Waals surface area (Å²) in [4.78, 5) is 123. The molecule has 0 fully saturated rings. The standard InChI is InChI=1S/C55H80N12O9/c1-5-34(4)50(72)67-46(32-68)48(70)28-36(17-13-24-61-55(58)59)51(73)64-43(30-39-18-14-23-60-39)47(69)29-37(27-38-31-62-41-20-10-9-19-40(38)41)52(74)63-42(21-11-12-22-56)53(75)66-45(26-35-15-7-6-8-16-35)54(76)65-44(49(57)71)25-33(2)3/h6-10,15-16,18-20,23,31,33-34,36-37,42-46,62,68H,5,11-14,17,21-22,24-30,32,56H2,1-4H3,(H2,57,71)(H,63,74)(H,64,73)(H,65,76)(H,66,75)(H,67,72)(H4,58,59,61)/t34?,36?,37?,42-,43?,44-,45?,46?/m0/s1. The zero-order valence-electron chi connectivity index (χ0n) is 44.4. The molecule has 0 saturated heterocycles. The average Bonchev–Trinajstić information content (AvgIpc) is 4.07. The second-order valence-corrected chi connectivity index (χ2v) is 20.0. The third kappa shape index (κ3) is 20.1. The zero-order valence-corrected chi connectivity index (χ0v) is 44.4. The average molecular weight is 1050 g/mol. The van der Waals surface area contributed by atoms with Gasteiger partial charge in [0.25, 0.3) is 0 Å². The van der Waals surface area contributed by atoms with Gasteiger partial charge in [-0.3, -0.25) is 48.3 Å². The number of aromatic nitrogens is 1. The molecule has 6 unspecified atom stereocenters. The Morgan fingerprint density at radius 2 is 1.30 bits per heavy atom. The molecule has 4 rings (SSSR count). The van der Waals surface area contributed by atoms with Crippen LogP contribution in [0.5, 0.6) is 0 Å². The second kappa shape index (κ2) is 31.6. The molecular formula is C55H80N12O9. The van der Waals surface area contributed by atoms with Gasteiger partial charge in [0.15, 0.2) is 17.5 Å². The number of H-pyrrole nitrogens is 1.